The van der Waals surface area contributed by atoms with Gasteiger partial charge in [-0.1, -0.05) is 11.6 Å². The van der Waals surface area contributed by atoms with Gasteiger partial charge in [0.2, 0.25) is 0 Å². The molecule has 1 aliphatic rings. The van der Waals surface area contributed by atoms with Crippen molar-refractivity contribution < 1.29 is 9.53 Å². The van der Waals surface area contributed by atoms with E-state index in [9.17, 15) is 4.79 Å². The highest BCUT2D eigenvalue weighted by Gasteiger charge is 2.28. The number of rotatable bonds is 7. The minimum Gasteiger partial charge on any atom is -0.383 e. The Morgan fingerprint density at radius 2 is 2.25 bits per heavy atom. The molecule has 0 aromatic carbocycles. The van der Waals surface area contributed by atoms with E-state index >= 15 is 0 Å². The van der Waals surface area contributed by atoms with Crippen LogP contribution in [0.5, 0.6) is 0 Å². The molecule has 2 aromatic rings. The number of carbonyl (C=O) groups is 1. The number of halogens is 1. The molecule has 1 aliphatic heterocycles. The first-order valence-electron chi connectivity index (χ1n) is 8.02. The Kier molecular flexibility index (Phi) is 6.30. The molecule has 0 saturated carbocycles. The topological polar surface area (TPSA) is 41.6 Å². The van der Waals surface area contributed by atoms with Gasteiger partial charge in [0, 0.05) is 36.0 Å². The van der Waals surface area contributed by atoms with Crippen molar-refractivity contribution in [1.29, 1.82) is 0 Å². The normalized spacial score (nSPS) is 18.2. The molecule has 4 nitrogen and oxygen atoms in total. The van der Waals surface area contributed by atoms with Gasteiger partial charge in [0.15, 0.2) is 0 Å². The lowest BCUT2D eigenvalue weighted by molar-refractivity contribution is 0.0941. The summed E-state index contributed by atoms with van der Waals surface area (Å²) in [6.45, 7) is 3.09. The molecule has 3 rings (SSSR count). The van der Waals surface area contributed by atoms with Gasteiger partial charge in [0.1, 0.15) is 0 Å². The molecule has 1 N–H and O–H groups in total. The van der Waals surface area contributed by atoms with E-state index in [4.69, 9.17) is 16.3 Å². The van der Waals surface area contributed by atoms with Crippen LogP contribution in [0.4, 0.5) is 0 Å². The molecule has 1 fully saturated rings. The molecule has 7 heteroatoms. The summed E-state index contributed by atoms with van der Waals surface area (Å²) in [4.78, 5) is 18.0. The number of hydrogen-bond acceptors (Lipinski definition) is 5. The first kappa shape index (κ1) is 17.9. The molecule has 0 aliphatic carbocycles. The zero-order chi connectivity index (χ0) is 16.9. The third-order valence-corrected chi connectivity index (χ3v) is 6.52. The third kappa shape index (κ3) is 4.37. The number of nitrogens with zero attached hydrogens (tertiary/aromatic N) is 1. The molecule has 1 atom stereocenters. The van der Waals surface area contributed by atoms with Crippen LogP contribution in [0.25, 0.3) is 0 Å². The maximum atomic E-state index is 12.1. The van der Waals surface area contributed by atoms with Gasteiger partial charge in [-0.15, -0.1) is 22.7 Å². The summed E-state index contributed by atoms with van der Waals surface area (Å²) in [6, 6.07) is 8.49. The van der Waals surface area contributed by atoms with Crippen LogP contribution in [-0.4, -0.2) is 37.6 Å². The highest BCUT2D eigenvalue weighted by molar-refractivity contribution is 7.16. The van der Waals surface area contributed by atoms with Gasteiger partial charge in [0.05, 0.1) is 15.8 Å². The van der Waals surface area contributed by atoms with Crippen molar-refractivity contribution in [3.8, 4) is 0 Å². The van der Waals surface area contributed by atoms with E-state index in [1.807, 2.05) is 12.1 Å². The van der Waals surface area contributed by atoms with Gasteiger partial charge >= 0.3 is 0 Å². The second-order valence-electron chi connectivity index (χ2n) is 5.79. The summed E-state index contributed by atoms with van der Waals surface area (Å²) in [6.07, 6.45) is 2.33. The van der Waals surface area contributed by atoms with Crippen LogP contribution in [0.15, 0.2) is 24.3 Å². The summed E-state index contributed by atoms with van der Waals surface area (Å²) in [5.74, 6) is -0.0158. The Labute approximate surface area is 155 Å². The Morgan fingerprint density at radius 3 is 3.00 bits per heavy atom. The minimum atomic E-state index is -0.0158. The molecular weight excluding hydrogens is 364 g/mol. The SMILES string of the molecule is COCCNC(=O)c1ccc([C@@H]2CCCN2Cc2ccc(Cl)s2)s1. The van der Waals surface area contributed by atoms with E-state index in [2.05, 4.69) is 22.3 Å². The maximum absolute atomic E-state index is 12.1. The molecular formula is C17H21ClN2O2S2. The van der Waals surface area contributed by atoms with E-state index in [1.54, 1.807) is 29.8 Å². The van der Waals surface area contributed by atoms with Gasteiger partial charge in [0.25, 0.3) is 5.91 Å². The number of ether oxygens (including phenoxy) is 1. The van der Waals surface area contributed by atoms with E-state index in [0.29, 0.717) is 19.2 Å². The number of methoxy groups -OCH3 is 1. The van der Waals surface area contributed by atoms with E-state index in [-0.39, 0.29) is 5.91 Å². The molecule has 0 spiro atoms. The minimum absolute atomic E-state index is 0.0158. The van der Waals surface area contributed by atoms with Crippen molar-refractivity contribution in [2.24, 2.45) is 0 Å². The molecule has 0 radical (unpaired) electrons. The van der Waals surface area contributed by atoms with Crippen molar-refractivity contribution in [3.63, 3.8) is 0 Å². The standard InChI is InChI=1S/C17H21ClN2O2S2/c1-22-10-8-19-17(21)15-6-5-14(24-15)13-3-2-9-20(13)11-12-4-7-16(18)23-12/h4-7,13H,2-3,8-11H2,1H3,(H,19,21)/t13-/m0/s1. The summed E-state index contributed by atoms with van der Waals surface area (Å²) in [7, 11) is 1.63. The van der Waals surface area contributed by atoms with E-state index < -0.39 is 0 Å². The Hall–Kier alpha value is -0.920. The van der Waals surface area contributed by atoms with Crippen LogP contribution in [-0.2, 0) is 11.3 Å². The second-order valence-corrected chi connectivity index (χ2v) is 8.70. The molecule has 2 aromatic heterocycles. The zero-order valence-electron chi connectivity index (χ0n) is 13.6. The highest BCUT2D eigenvalue weighted by Crippen LogP contribution is 2.37. The van der Waals surface area contributed by atoms with E-state index in [0.717, 1.165) is 28.7 Å². The first-order valence-corrected chi connectivity index (χ1v) is 10.0. The number of carbonyl (C=O) groups excluding carboxylic acids is 1. The quantitative estimate of drug-likeness (QED) is 0.728. The van der Waals surface area contributed by atoms with Gasteiger partial charge in [-0.3, -0.25) is 9.69 Å². The van der Waals surface area contributed by atoms with Crippen molar-refractivity contribution >= 4 is 40.2 Å². The molecule has 3 heterocycles. The van der Waals surface area contributed by atoms with Gasteiger partial charge < -0.3 is 10.1 Å². The van der Waals surface area contributed by atoms with Gasteiger partial charge in [-0.2, -0.15) is 0 Å². The third-order valence-electron chi connectivity index (χ3n) is 4.12. The lowest BCUT2D eigenvalue weighted by Crippen LogP contribution is -2.26. The molecule has 1 amide bonds. The largest absolute Gasteiger partial charge is 0.383 e. The maximum Gasteiger partial charge on any atom is 0.261 e. The molecule has 1 saturated heterocycles. The fourth-order valence-corrected chi connectivity index (χ4v) is 5.19. The van der Waals surface area contributed by atoms with Crippen LogP contribution in [0, 0.1) is 0 Å². The number of likely N-dealkylation sites (tertiary alicyclic amines) is 1. The predicted octanol–water partition coefficient (Wildman–Crippen LogP) is 4.18. The number of hydrogen-bond donors (Lipinski definition) is 1. The predicted molar refractivity (Wildman–Crippen MR) is 100 cm³/mol. The smallest absolute Gasteiger partial charge is 0.261 e. The Balaban J connectivity index is 1.63. The summed E-state index contributed by atoms with van der Waals surface area (Å²) in [5, 5.41) is 2.88. The first-order chi connectivity index (χ1) is 11.7. The lowest BCUT2D eigenvalue weighted by atomic mass is 10.2. The van der Waals surface area contributed by atoms with Crippen LogP contribution in [0.3, 0.4) is 0 Å². The average Bonchev–Trinajstić information content (AvgIpc) is 3.28. The summed E-state index contributed by atoms with van der Waals surface area (Å²) < 4.78 is 5.80. The van der Waals surface area contributed by atoms with Crippen LogP contribution < -0.4 is 5.32 Å². The van der Waals surface area contributed by atoms with Crippen LogP contribution in [0.2, 0.25) is 4.34 Å². The zero-order valence-corrected chi connectivity index (χ0v) is 16.0. The molecule has 130 valence electrons. The molecule has 0 bridgehead atoms. The molecule has 0 unspecified atom stereocenters. The second kappa shape index (κ2) is 8.45. The highest BCUT2D eigenvalue weighted by atomic mass is 35.5. The number of thiophene rings is 2. The summed E-state index contributed by atoms with van der Waals surface area (Å²) >= 11 is 9.28. The monoisotopic (exact) mass is 384 g/mol. The fraction of sp³-hybridized carbons (Fsp3) is 0.471. The van der Waals surface area contributed by atoms with Crippen molar-refractivity contribution in [3.05, 3.63) is 43.2 Å². The molecule has 24 heavy (non-hydrogen) atoms. The van der Waals surface area contributed by atoms with Gasteiger partial charge in [-0.25, -0.2) is 0 Å². The summed E-state index contributed by atoms with van der Waals surface area (Å²) in [5.41, 5.74) is 0. The van der Waals surface area contributed by atoms with E-state index in [1.165, 1.54) is 16.2 Å². The number of nitrogens with one attached hydrogen (secondary N) is 1. The Morgan fingerprint density at radius 1 is 1.38 bits per heavy atom. The fourth-order valence-electron chi connectivity index (χ4n) is 2.98. The van der Waals surface area contributed by atoms with Gasteiger partial charge in [-0.05, 0) is 43.7 Å². The van der Waals surface area contributed by atoms with Crippen molar-refractivity contribution in [2.75, 3.05) is 26.8 Å². The average molecular weight is 385 g/mol. The van der Waals surface area contributed by atoms with Crippen molar-refractivity contribution in [1.82, 2.24) is 10.2 Å². The van der Waals surface area contributed by atoms with Crippen LogP contribution >= 0.6 is 34.3 Å². The van der Waals surface area contributed by atoms with Crippen LogP contribution in [0.1, 0.15) is 38.3 Å². The number of amides is 1. The Bertz CT molecular complexity index is 686. The van der Waals surface area contributed by atoms with Crippen molar-refractivity contribution in [2.45, 2.75) is 25.4 Å². The lowest BCUT2D eigenvalue weighted by Gasteiger charge is -2.22.